The van der Waals surface area contributed by atoms with Crippen LogP contribution in [0.4, 0.5) is 5.69 Å². The summed E-state index contributed by atoms with van der Waals surface area (Å²) in [4.78, 5) is 0.312. The Labute approximate surface area is 119 Å². The molecule has 0 saturated heterocycles. The van der Waals surface area contributed by atoms with Crippen LogP contribution in [0.25, 0.3) is 0 Å². The van der Waals surface area contributed by atoms with Gasteiger partial charge in [0.1, 0.15) is 0 Å². The quantitative estimate of drug-likeness (QED) is 0.885. The van der Waals surface area contributed by atoms with Crippen molar-refractivity contribution in [3.8, 4) is 0 Å². The minimum absolute atomic E-state index is 0.000263. The lowest BCUT2D eigenvalue weighted by Gasteiger charge is -2.18. The molecule has 3 N–H and O–H groups in total. The van der Waals surface area contributed by atoms with Crippen LogP contribution in [0.1, 0.15) is 11.6 Å². The first kappa shape index (κ1) is 14.6. The van der Waals surface area contributed by atoms with Gasteiger partial charge < -0.3 is 11.1 Å². The van der Waals surface area contributed by atoms with E-state index in [0.29, 0.717) is 11.4 Å². The molecule has 5 heteroatoms. The Balaban J connectivity index is 2.17. The van der Waals surface area contributed by atoms with Gasteiger partial charge in [0.15, 0.2) is 9.84 Å². The number of hydrogen-bond acceptors (Lipinski definition) is 4. The van der Waals surface area contributed by atoms with Crippen molar-refractivity contribution in [3.05, 3.63) is 60.2 Å². The fourth-order valence-corrected chi connectivity index (χ4v) is 2.59. The Bertz CT molecular complexity index is 652. The van der Waals surface area contributed by atoms with E-state index in [0.717, 1.165) is 11.3 Å². The summed E-state index contributed by atoms with van der Waals surface area (Å²) >= 11 is 0. The van der Waals surface area contributed by atoms with E-state index in [9.17, 15) is 8.42 Å². The van der Waals surface area contributed by atoms with Crippen LogP contribution in [-0.2, 0) is 9.84 Å². The van der Waals surface area contributed by atoms with Crippen molar-refractivity contribution in [2.75, 3.05) is 18.1 Å². The van der Waals surface area contributed by atoms with Crippen LogP contribution >= 0.6 is 0 Å². The second kappa shape index (κ2) is 6.07. The van der Waals surface area contributed by atoms with Crippen molar-refractivity contribution in [1.82, 2.24) is 0 Å². The van der Waals surface area contributed by atoms with Gasteiger partial charge in [0.2, 0.25) is 0 Å². The van der Waals surface area contributed by atoms with Crippen molar-refractivity contribution in [3.63, 3.8) is 0 Å². The number of hydrogen-bond donors (Lipinski definition) is 2. The summed E-state index contributed by atoms with van der Waals surface area (Å²) < 4.78 is 22.8. The molecule has 0 radical (unpaired) electrons. The smallest absolute Gasteiger partial charge is 0.175 e. The zero-order valence-electron chi connectivity index (χ0n) is 11.3. The average molecular weight is 290 g/mol. The summed E-state index contributed by atoms with van der Waals surface area (Å²) in [6.07, 6.45) is 1.20. The fraction of sp³-hybridized carbons (Fsp3) is 0.200. The highest BCUT2D eigenvalue weighted by molar-refractivity contribution is 7.90. The maximum Gasteiger partial charge on any atom is 0.175 e. The molecule has 1 unspecified atom stereocenters. The molecule has 20 heavy (non-hydrogen) atoms. The van der Waals surface area contributed by atoms with Crippen LogP contribution in [0.2, 0.25) is 0 Å². The molecule has 0 aromatic heterocycles. The zero-order valence-corrected chi connectivity index (χ0v) is 12.1. The molecular weight excluding hydrogens is 272 g/mol. The number of rotatable bonds is 5. The van der Waals surface area contributed by atoms with Crippen molar-refractivity contribution >= 4 is 15.5 Å². The minimum Gasteiger partial charge on any atom is -0.377 e. The highest BCUT2D eigenvalue weighted by Crippen LogP contribution is 2.20. The first-order chi connectivity index (χ1) is 9.50. The molecule has 0 bridgehead atoms. The molecule has 0 spiro atoms. The molecule has 2 aromatic rings. The normalized spacial score (nSPS) is 12.9. The third-order valence-corrected chi connectivity index (χ3v) is 4.19. The highest BCUT2D eigenvalue weighted by atomic mass is 32.2. The Hall–Kier alpha value is -1.85. The summed E-state index contributed by atoms with van der Waals surface area (Å²) in [6, 6.07) is 16.6. The number of nitrogens with two attached hydrogens (primary N) is 1. The van der Waals surface area contributed by atoms with Crippen molar-refractivity contribution < 1.29 is 8.42 Å². The molecule has 0 aliphatic heterocycles. The summed E-state index contributed by atoms with van der Waals surface area (Å²) in [6.45, 7) is 0.456. The van der Waals surface area contributed by atoms with Crippen LogP contribution in [0.5, 0.6) is 0 Å². The van der Waals surface area contributed by atoms with Gasteiger partial charge in [-0.1, -0.05) is 30.3 Å². The summed E-state index contributed by atoms with van der Waals surface area (Å²) in [5.74, 6) is 0. The molecule has 0 amide bonds. The van der Waals surface area contributed by atoms with Gasteiger partial charge in [0.05, 0.1) is 10.9 Å². The summed E-state index contributed by atoms with van der Waals surface area (Å²) in [5, 5.41) is 3.30. The van der Waals surface area contributed by atoms with Crippen molar-refractivity contribution in [1.29, 1.82) is 0 Å². The van der Waals surface area contributed by atoms with Gasteiger partial charge >= 0.3 is 0 Å². The number of anilines is 1. The Morgan fingerprint density at radius 1 is 1.05 bits per heavy atom. The molecule has 0 saturated carbocycles. The van der Waals surface area contributed by atoms with E-state index in [1.165, 1.54) is 6.26 Å². The molecule has 0 aliphatic carbocycles. The SMILES string of the molecule is CS(=O)(=O)c1ccc(NC(CN)c2ccccc2)cc1. The van der Waals surface area contributed by atoms with Gasteiger partial charge in [-0.15, -0.1) is 0 Å². The number of nitrogens with one attached hydrogen (secondary N) is 1. The second-order valence-corrected chi connectivity index (χ2v) is 6.66. The van der Waals surface area contributed by atoms with E-state index >= 15 is 0 Å². The fourth-order valence-electron chi connectivity index (χ4n) is 1.96. The van der Waals surface area contributed by atoms with Crippen LogP contribution in [-0.4, -0.2) is 21.2 Å². The monoisotopic (exact) mass is 290 g/mol. The molecule has 0 heterocycles. The minimum atomic E-state index is -3.16. The predicted octanol–water partition coefficient (Wildman–Crippen LogP) is 2.20. The van der Waals surface area contributed by atoms with Gasteiger partial charge in [0, 0.05) is 18.5 Å². The van der Waals surface area contributed by atoms with E-state index < -0.39 is 9.84 Å². The summed E-state index contributed by atoms with van der Waals surface area (Å²) in [7, 11) is -3.16. The largest absolute Gasteiger partial charge is 0.377 e. The Kier molecular flexibility index (Phi) is 4.42. The highest BCUT2D eigenvalue weighted by Gasteiger charge is 2.10. The lowest BCUT2D eigenvalue weighted by molar-refractivity contribution is 0.602. The van der Waals surface area contributed by atoms with Gasteiger partial charge in [0.25, 0.3) is 0 Å². The molecule has 2 rings (SSSR count). The predicted molar refractivity (Wildman–Crippen MR) is 81.4 cm³/mol. The van der Waals surface area contributed by atoms with Gasteiger partial charge in [-0.05, 0) is 29.8 Å². The zero-order chi connectivity index (χ0) is 14.6. The Morgan fingerprint density at radius 3 is 2.15 bits per heavy atom. The van der Waals surface area contributed by atoms with E-state index in [1.807, 2.05) is 30.3 Å². The van der Waals surface area contributed by atoms with Crippen molar-refractivity contribution in [2.45, 2.75) is 10.9 Å². The standard InChI is InChI=1S/C15H18N2O2S/c1-20(18,19)14-9-7-13(8-10-14)17-15(11-16)12-5-3-2-4-6-12/h2-10,15,17H,11,16H2,1H3. The molecule has 1 atom stereocenters. The first-order valence-corrected chi connectivity index (χ1v) is 8.21. The van der Waals surface area contributed by atoms with E-state index in [-0.39, 0.29) is 6.04 Å². The first-order valence-electron chi connectivity index (χ1n) is 6.32. The van der Waals surface area contributed by atoms with Crippen LogP contribution in [0.15, 0.2) is 59.5 Å². The van der Waals surface area contributed by atoms with Gasteiger partial charge in [-0.2, -0.15) is 0 Å². The molecule has 106 valence electrons. The number of benzene rings is 2. The van der Waals surface area contributed by atoms with Crippen LogP contribution in [0.3, 0.4) is 0 Å². The van der Waals surface area contributed by atoms with Gasteiger partial charge in [-0.25, -0.2) is 8.42 Å². The van der Waals surface area contributed by atoms with E-state index in [1.54, 1.807) is 24.3 Å². The van der Waals surface area contributed by atoms with Gasteiger partial charge in [-0.3, -0.25) is 0 Å². The Morgan fingerprint density at radius 2 is 1.65 bits per heavy atom. The molecule has 4 nitrogen and oxygen atoms in total. The van der Waals surface area contributed by atoms with E-state index in [4.69, 9.17) is 5.73 Å². The van der Waals surface area contributed by atoms with Crippen molar-refractivity contribution in [2.24, 2.45) is 5.73 Å². The van der Waals surface area contributed by atoms with Crippen LogP contribution in [0, 0.1) is 0 Å². The third-order valence-electron chi connectivity index (χ3n) is 3.06. The average Bonchev–Trinajstić information content (AvgIpc) is 2.45. The third kappa shape index (κ3) is 3.59. The van der Waals surface area contributed by atoms with Crippen LogP contribution < -0.4 is 11.1 Å². The lowest BCUT2D eigenvalue weighted by atomic mass is 10.1. The maximum absolute atomic E-state index is 11.4. The number of sulfone groups is 1. The second-order valence-electron chi connectivity index (χ2n) is 4.64. The lowest BCUT2D eigenvalue weighted by Crippen LogP contribution is -2.20. The molecule has 2 aromatic carbocycles. The topological polar surface area (TPSA) is 72.2 Å². The van der Waals surface area contributed by atoms with E-state index in [2.05, 4.69) is 5.32 Å². The molecular formula is C15H18N2O2S. The molecule has 0 aliphatic rings. The molecule has 0 fully saturated rings. The maximum atomic E-state index is 11.4. The summed E-state index contributed by atoms with van der Waals surface area (Å²) in [5.41, 5.74) is 7.74.